The maximum Gasteiger partial charge on any atom is 0.00871 e. The van der Waals surface area contributed by atoms with Gasteiger partial charge < -0.3 is 10.2 Å². The molecule has 0 saturated heterocycles. The smallest absolute Gasteiger partial charge is 0.00871 e. The van der Waals surface area contributed by atoms with Crippen molar-refractivity contribution in [2.45, 2.75) is 73.3 Å². The molecule has 0 bridgehead atoms. The van der Waals surface area contributed by atoms with Crippen LogP contribution in [0.1, 0.15) is 67.2 Å². The van der Waals surface area contributed by atoms with E-state index in [-0.39, 0.29) is 0 Å². The highest BCUT2D eigenvalue weighted by molar-refractivity contribution is 4.90. The summed E-state index contributed by atoms with van der Waals surface area (Å²) in [5, 5.41) is 3.76. The molecule has 1 fully saturated rings. The van der Waals surface area contributed by atoms with Crippen LogP contribution in [0.3, 0.4) is 0 Å². The Morgan fingerprint density at radius 2 is 1.67 bits per heavy atom. The van der Waals surface area contributed by atoms with Gasteiger partial charge in [0.1, 0.15) is 0 Å². The minimum atomic E-state index is 0.499. The molecule has 0 spiro atoms. The third kappa shape index (κ3) is 6.28. The van der Waals surface area contributed by atoms with Crippen molar-refractivity contribution in [1.29, 1.82) is 0 Å². The zero-order valence-electron chi connectivity index (χ0n) is 15.7. The van der Waals surface area contributed by atoms with Crippen molar-refractivity contribution >= 4 is 0 Å². The summed E-state index contributed by atoms with van der Waals surface area (Å²) in [4.78, 5) is 2.61. The van der Waals surface area contributed by atoms with Gasteiger partial charge in [-0.15, -0.1) is 0 Å². The first-order valence-electron chi connectivity index (χ1n) is 9.17. The Kier molecular flexibility index (Phi) is 7.70. The third-order valence-electron chi connectivity index (χ3n) is 5.63. The number of rotatable bonds is 8. The van der Waals surface area contributed by atoms with Crippen LogP contribution in [0.5, 0.6) is 0 Å². The SMILES string of the molecule is CC(C)CNCC1(CN(C)C(C)C(C)C)CCC(C)CC1. The number of nitrogens with zero attached hydrogens (tertiary/aromatic N) is 1. The van der Waals surface area contributed by atoms with Gasteiger partial charge >= 0.3 is 0 Å². The molecule has 1 rings (SSSR count). The predicted molar refractivity (Wildman–Crippen MR) is 94.7 cm³/mol. The maximum absolute atomic E-state index is 3.76. The fourth-order valence-corrected chi connectivity index (χ4v) is 3.57. The summed E-state index contributed by atoms with van der Waals surface area (Å²) < 4.78 is 0. The summed E-state index contributed by atoms with van der Waals surface area (Å²) in [6.07, 6.45) is 5.61. The average molecular weight is 297 g/mol. The molecule has 1 unspecified atom stereocenters. The second-order valence-electron chi connectivity index (χ2n) is 8.61. The lowest BCUT2D eigenvalue weighted by Gasteiger charge is -2.44. The van der Waals surface area contributed by atoms with Gasteiger partial charge in [0.2, 0.25) is 0 Å². The standard InChI is InChI=1S/C19H40N2/c1-15(2)12-20-13-19(10-8-17(5)9-11-19)14-21(7)18(6)16(3)4/h15-18,20H,8-14H2,1-7H3. The van der Waals surface area contributed by atoms with Crippen molar-refractivity contribution in [1.82, 2.24) is 10.2 Å². The van der Waals surface area contributed by atoms with Crippen LogP contribution < -0.4 is 5.32 Å². The molecule has 0 aromatic heterocycles. The minimum Gasteiger partial charge on any atom is -0.316 e. The normalized spacial score (nSPS) is 28.6. The molecular formula is C19H40N2. The second-order valence-corrected chi connectivity index (χ2v) is 8.61. The van der Waals surface area contributed by atoms with E-state index >= 15 is 0 Å². The molecule has 0 aromatic carbocycles. The van der Waals surface area contributed by atoms with Gasteiger partial charge in [-0.2, -0.15) is 0 Å². The highest BCUT2D eigenvalue weighted by Gasteiger charge is 2.35. The van der Waals surface area contributed by atoms with Crippen molar-refractivity contribution in [2.24, 2.45) is 23.2 Å². The molecular weight excluding hydrogens is 256 g/mol. The van der Waals surface area contributed by atoms with Crippen LogP contribution in [0.15, 0.2) is 0 Å². The summed E-state index contributed by atoms with van der Waals surface area (Å²) in [7, 11) is 2.33. The Balaban J connectivity index is 2.63. The first-order chi connectivity index (χ1) is 9.76. The molecule has 126 valence electrons. The number of nitrogens with one attached hydrogen (secondary N) is 1. The van der Waals surface area contributed by atoms with Crippen molar-refractivity contribution in [3.63, 3.8) is 0 Å². The Hall–Kier alpha value is -0.0800. The lowest BCUT2D eigenvalue weighted by molar-refractivity contribution is 0.0706. The molecule has 0 aromatic rings. The monoisotopic (exact) mass is 296 g/mol. The zero-order chi connectivity index (χ0) is 16.0. The summed E-state index contributed by atoms with van der Waals surface area (Å²) >= 11 is 0. The summed E-state index contributed by atoms with van der Waals surface area (Å²) in [5.74, 6) is 2.41. The van der Waals surface area contributed by atoms with E-state index < -0.39 is 0 Å². The van der Waals surface area contributed by atoms with Gasteiger partial charge in [0, 0.05) is 19.1 Å². The quantitative estimate of drug-likeness (QED) is 0.714. The molecule has 1 aliphatic rings. The van der Waals surface area contributed by atoms with E-state index in [1.807, 2.05) is 0 Å². The molecule has 2 heteroatoms. The van der Waals surface area contributed by atoms with E-state index in [1.54, 1.807) is 0 Å². The Morgan fingerprint density at radius 1 is 1.10 bits per heavy atom. The largest absolute Gasteiger partial charge is 0.316 e. The highest BCUT2D eigenvalue weighted by atomic mass is 15.1. The molecule has 21 heavy (non-hydrogen) atoms. The van der Waals surface area contributed by atoms with Crippen LogP contribution in [0.25, 0.3) is 0 Å². The van der Waals surface area contributed by atoms with E-state index in [2.05, 4.69) is 58.8 Å². The molecule has 0 amide bonds. The third-order valence-corrected chi connectivity index (χ3v) is 5.63. The van der Waals surface area contributed by atoms with E-state index in [1.165, 1.54) is 38.8 Å². The van der Waals surface area contributed by atoms with Crippen molar-refractivity contribution in [2.75, 3.05) is 26.7 Å². The van der Waals surface area contributed by atoms with Crippen molar-refractivity contribution in [3.05, 3.63) is 0 Å². The van der Waals surface area contributed by atoms with Crippen LogP contribution in [-0.4, -0.2) is 37.6 Å². The van der Waals surface area contributed by atoms with Gasteiger partial charge in [0.05, 0.1) is 0 Å². The van der Waals surface area contributed by atoms with Gasteiger partial charge in [-0.3, -0.25) is 0 Å². The van der Waals surface area contributed by atoms with Crippen molar-refractivity contribution in [3.8, 4) is 0 Å². The molecule has 1 aliphatic carbocycles. The Labute approximate surface area is 134 Å². The van der Waals surface area contributed by atoms with Gasteiger partial charge in [-0.1, -0.05) is 47.5 Å². The average Bonchev–Trinajstić information content (AvgIpc) is 2.40. The summed E-state index contributed by atoms with van der Waals surface area (Å²) in [5.41, 5.74) is 0.499. The molecule has 0 heterocycles. The summed E-state index contributed by atoms with van der Waals surface area (Å²) in [6.45, 7) is 17.7. The van der Waals surface area contributed by atoms with E-state index in [0.29, 0.717) is 11.5 Å². The lowest BCUT2D eigenvalue weighted by atomic mass is 9.70. The predicted octanol–water partition coefficient (Wildman–Crippen LogP) is 4.40. The maximum atomic E-state index is 3.76. The van der Waals surface area contributed by atoms with Crippen LogP contribution in [-0.2, 0) is 0 Å². The fraction of sp³-hybridized carbons (Fsp3) is 1.00. The summed E-state index contributed by atoms with van der Waals surface area (Å²) in [6, 6.07) is 0.673. The van der Waals surface area contributed by atoms with Crippen LogP contribution in [0, 0.1) is 23.2 Å². The topological polar surface area (TPSA) is 15.3 Å². The molecule has 0 aliphatic heterocycles. The molecule has 0 radical (unpaired) electrons. The second kappa shape index (κ2) is 8.53. The lowest BCUT2D eigenvalue weighted by Crippen LogP contribution is -2.48. The van der Waals surface area contributed by atoms with Crippen LogP contribution >= 0.6 is 0 Å². The van der Waals surface area contributed by atoms with Gasteiger partial charge in [-0.25, -0.2) is 0 Å². The molecule has 2 nitrogen and oxygen atoms in total. The Bertz CT molecular complexity index is 277. The van der Waals surface area contributed by atoms with Gasteiger partial charge in [0.25, 0.3) is 0 Å². The molecule has 1 N–H and O–H groups in total. The molecule has 1 atom stereocenters. The van der Waals surface area contributed by atoms with Gasteiger partial charge in [0.15, 0.2) is 0 Å². The van der Waals surface area contributed by atoms with E-state index in [9.17, 15) is 0 Å². The fourth-order valence-electron chi connectivity index (χ4n) is 3.57. The zero-order valence-corrected chi connectivity index (χ0v) is 15.7. The van der Waals surface area contributed by atoms with Gasteiger partial charge in [-0.05, 0) is 56.5 Å². The first kappa shape index (κ1) is 19.0. The number of hydrogen-bond acceptors (Lipinski definition) is 2. The van der Waals surface area contributed by atoms with Crippen molar-refractivity contribution < 1.29 is 0 Å². The van der Waals surface area contributed by atoms with Crippen LogP contribution in [0.2, 0.25) is 0 Å². The number of hydrogen-bond donors (Lipinski definition) is 1. The highest BCUT2D eigenvalue weighted by Crippen LogP contribution is 2.39. The Morgan fingerprint density at radius 3 is 2.14 bits per heavy atom. The molecule has 1 saturated carbocycles. The minimum absolute atomic E-state index is 0.499. The van der Waals surface area contributed by atoms with E-state index in [0.717, 1.165) is 24.3 Å². The van der Waals surface area contributed by atoms with E-state index in [4.69, 9.17) is 0 Å². The van der Waals surface area contributed by atoms with Crippen LogP contribution in [0.4, 0.5) is 0 Å². The first-order valence-corrected chi connectivity index (χ1v) is 9.17.